The van der Waals surface area contributed by atoms with Crippen molar-refractivity contribution in [2.24, 2.45) is 0 Å². The second kappa shape index (κ2) is 6.02. The largest absolute Gasteiger partial charge is 0.256 e. The van der Waals surface area contributed by atoms with Crippen molar-refractivity contribution in [3.05, 3.63) is 79.0 Å². The van der Waals surface area contributed by atoms with E-state index >= 15 is 0 Å². The van der Waals surface area contributed by atoms with E-state index in [1.54, 1.807) is 0 Å². The fraction of sp³-hybridized carbons (Fsp3) is 0.0909. The third-order valence-electron chi connectivity index (χ3n) is 4.42. The molecule has 0 aliphatic heterocycles. The Morgan fingerprint density at radius 3 is 2.48 bits per heavy atom. The van der Waals surface area contributed by atoms with Crippen LogP contribution in [0.4, 0.5) is 0 Å². The number of hydrogen-bond donors (Lipinski definition) is 0. The van der Waals surface area contributed by atoms with Crippen LogP contribution in [0.25, 0.3) is 39.1 Å². The highest BCUT2D eigenvalue weighted by Gasteiger charge is 2.19. The van der Waals surface area contributed by atoms with Gasteiger partial charge in [0.2, 0.25) is 0 Å². The average molecular weight is 325 g/mol. The van der Waals surface area contributed by atoms with Crippen molar-refractivity contribution in [2.75, 3.05) is 0 Å². The van der Waals surface area contributed by atoms with Gasteiger partial charge in [-0.2, -0.15) is 5.10 Å². The van der Waals surface area contributed by atoms with Gasteiger partial charge in [-0.1, -0.05) is 61.2 Å². The lowest BCUT2D eigenvalue weighted by molar-refractivity contribution is 0.910. The molecule has 2 aromatic carbocycles. The number of para-hydroxylation sites is 1. The molecule has 0 fully saturated rings. The monoisotopic (exact) mass is 325 g/mol. The van der Waals surface area contributed by atoms with Crippen LogP contribution in [0.2, 0.25) is 0 Å². The molecule has 0 N–H and O–H groups in total. The number of nitrogens with zero attached hydrogens (tertiary/aromatic N) is 3. The normalized spacial score (nSPS) is 11.0. The zero-order valence-electron chi connectivity index (χ0n) is 14.4. The van der Waals surface area contributed by atoms with Crippen molar-refractivity contribution >= 4 is 16.6 Å². The van der Waals surface area contributed by atoms with E-state index in [1.165, 1.54) is 0 Å². The van der Waals surface area contributed by atoms with Crippen LogP contribution in [0.3, 0.4) is 0 Å². The predicted molar refractivity (Wildman–Crippen MR) is 104 cm³/mol. The van der Waals surface area contributed by atoms with Crippen molar-refractivity contribution in [1.82, 2.24) is 14.8 Å². The number of pyridine rings is 1. The van der Waals surface area contributed by atoms with Crippen LogP contribution in [0.1, 0.15) is 12.5 Å². The molecule has 0 saturated carbocycles. The maximum atomic E-state index is 4.85. The molecule has 0 saturated heterocycles. The minimum absolute atomic E-state index is 0.883. The average Bonchev–Trinajstić information content (AvgIpc) is 2.99. The first kappa shape index (κ1) is 15.3. The van der Waals surface area contributed by atoms with Gasteiger partial charge in [0, 0.05) is 34.0 Å². The summed E-state index contributed by atoms with van der Waals surface area (Å²) in [5, 5.41) is 5.97. The van der Waals surface area contributed by atoms with Gasteiger partial charge in [0.1, 0.15) is 0 Å². The van der Waals surface area contributed by atoms with Crippen LogP contribution in [0.5, 0.6) is 0 Å². The SMILES string of the molecule is C=C(C)n1nc(-c2ccccc2)c(C)c1-c1cccc2cccnc12. The molecule has 0 aliphatic rings. The van der Waals surface area contributed by atoms with E-state index in [-0.39, 0.29) is 0 Å². The summed E-state index contributed by atoms with van der Waals surface area (Å²) in [6.45, 7) is 8.21. The summed E-state index contributed by atoms with van der Waals surface area (Å²) in [4.78, 5) is 4.61. The van der Waals surface area contributed by atoms with E-state index in [1.807, 2.05) is 42.1 Å². The molecule has 0 spiro atoms. The lowest BCUT2D eigenvalue weighted by Crippen LogP contribution is -1.99. The molecule has 0 unspecified atom stereocenters. The van der Waals surface area contributed by atoms with Gasteiger partial charge in [-0.3, -0.25) is 4.98 Å². The van der Waals surface area contributed by atoms with Crippen molar-refractivity contribution in [2.45, 2.75) is 13.8 Å². The van der Waals surface area contributed by atoms with Crippen LogP contribution in [-0.2, 0) is 0 Å². The summed E-state index contributed by atoms with van der Waals surface area (Å²) >= 11 is 0. The summed E-state index contributed by atoms with van der Waals surface area (Å²) in [5.74, 6) is 0. The fourth-order valence-corrected chi connectivity index (χ4v) is 3.25. The van der Waals surface area contributed by atoms with Gasteiger partial charge >= 0.3 is 0 Å². The zero-order valence-corrected chi connectivity index (χ0v) is 14.4. The molecule has 2 heterocycles. The molecule has 4 aromatic rings. The molecule has 4 rings (SSSR count). The molecule has 0 amide bonds. The Labute approximate surface area is 147 Å². The molecule has 122 valence electrons. The molecule has 3 nitrogen and oxygen atoms in total. The van der Waals surface area contributed by atoms with Gasteiger partial charge in [-0.05, 0) is 19.9 Å². The van der Waals surface area contributed by atoms with Gasteiger partial charge in [-0.15, -0.1) is 0 Å². The number of rotatable bonds is 3. The van der Waals surface area contributed by atoms with Gasteiger partial charge in [-0.25, -0.2) is 4.68 Å². The van der Waals surface area contributed by atoms with E-state index in [0.29, 0.717) is 0 Å². The number of hydrogen-bond acceptors (Lipinski definition) is 2. The summed E-state index contributed by atoms with van der Waals surface area (Å²) in [5.41, 5.74) is 7.21. The Hall–Kier alpha value is -3.20. The smallest absolute Gasteiger partial charge is 0.0963 e. The first-order valence-electron chi connectivity index (χ1n) is 8.32. The van der Waals surface area contributed by atoms with Gasteiger partial charge in [0.25, 0.3) is 0 Å². The Morgan fingerprint density at radius 2 is 1.72 bits per heavy atom. The highest BCUT2D eigenvalue weighted by atomic mass is 15.3. The van der Waals surface area contributed by atoms with Crippen LogP contribution in [0.15, 0.2) is 73.4 Å². The van der Waals surface area contributed by atoms with Crippen molar-refractivity contribution in [3.63, 3.8) is 0 Å². The Bertz CT molecular complexity index is 1070. The molecular formula is C22H19N3. The van der Waals surface area contributed by atoms with Gasteiger partial charge in [0.05, 0.1) is 16.9 Å². The minimum atomic E-state index is 0.883. The molecule has 0 bridgehead atoms. The molecule has 0 radical (unpaired) electrons. The highest BCUT2D eigenvalue weighted by molar-refractivity contribution is 5.95. The Morgan fingerprint density at radius 1 is 0.960 bits per heavy atom. The zero-order chi connectivity index (χ0) is 17.4. The predicted octanol–water partition coefficient (Wildman–Crippen LogP) is 5.56. The third kappa shape index (κ3) is 2.54. The van der Waals surface area contributed by atoms with Crippen molar-refractivity contribution in [1.29, 1.82) is 0 Å². The number of allylic oxidation sites excluding steroid dienone is 1. The van der Waals surface area contributed by atoms with Crippen LogP contribution < -0.4 is 0 Å². The van der Waals surface area contributed by atoms with E-state index < -0.39 is 0 Å². The van der Waals surface area contributed by atoms with Gasteiger partial charge in [0.15, 0.2) is 0 Å². The summed E-state index contributed by atoms with van der Waals surface area (Å²) in [7, 11) is 0. The standard InChI is InChI=1S/C22H19N3/c1-15(2)25-22(16(3)20(24-25)17-9-5-4-6-10-17)19-13-7-11-18-12-8-14-23-21(18)19/h4-14H,1H2,2-3H3. The maximum absolute atomic E-state index is 4.85. The van der Waals surface area contributed by atoms with Crippen LogP contribution in [0, 0.1) is 6.92 Å². The van der Waals surface area contributed by atoms with E-state index in [4.69, 9.17) is 5.10 Å². The maximum Gasteiger partial charge on any atom is 0.0963 e. The second-order valence-electron chi connectivity index (χ2n) is 6.22. The highest BCUT2D eigenvalue weighted by Crippen LogP contribution is 2.35. The first-order chi connectivity index (χ1) is 12.2. The third-order valence-corrected chi connectivity index (χ3v) is 4.42. The molecular weight excluding hydrogens is 306 g/mol. The molecule has 2 aromatic heterocycles. The second-order valence-corrected chi connectivity index (χ2v) is 6.22. The van der Waals surface area contributed by atoms with Crippen molar-refractivity contribution < 1.29 is 0 Å². The van der Waals surface area contributed by atoms with E-state index in [2.05, 4.69) is 54.9 Å². The lowest BCUT2D eigenvalue weighted by atomic mass is 10.0. The summed E-state index contributed by atoms with van der Waals surface area (Å²) < 4.78 is 1.93. The molecule has 3 heteroatoms. The van der Waals surface area contributed by atoms with Crippen LogP contribution in [-0.4, -0.2) is 14.8 Å². The quantitative estimate of drug-likeness (QED) is 0.493. The fourth-order valence-electron chi connectivity index (χ4n) is 3.25. The molecule has 0 atom stereocenters. The van der Waals surface area contributed by atoms with E-state index in [0.717, 1.165) is 44.7 Å². The lowest BCUT2D eigenvalue weighted by Gasteiger charge is -2.10. The number of aromatic nitrogens is 3. The summed E-state index contributed by atoms with van der Waals surface area (Å²) in [6, 6.07) is 20.6. The van der Waals surface area contributed by atoms with Crippen molar-refractivity contribution in [3.8, 4) is 22.5 Å². The number of benzene rings is 2. The minimum Gasteiger partial charge on any atom is -0.256 e. The topological polar surface area (TPSA) is 30.7 Å². The first-order valence-corrected chi connectivity index (χ1v) is 8.32. The van der Waals surface area contributed by atoms with Gasteiger partial charge < -0.3 is 0 Å². The molecule has 25 heavy (non-hydrogen) atoms. The van der Waals surface area contributed by atoms with Crippen LogP contribution >= 0.6 is 0 Å². The summed E-state index contributed by atoms with van der Waals surface area (Å²) in [6.07, 6.45) is 1.83. The number of fused-ring (bicyclic) bond motifs is 1. The Balaban J connectivity index is 2.04. The molecule has 0 aliphatic carbocycles. The Kier molecular flexibility index (Phi) is 3.69. The van der Waals surface area contributed by atoms with E-state index in [9.17, 15) is 0 Å².